The average Bonchev–Trinajstić information content (AvgIpc) is 2.69. The summed E-state index contributed by atoms with van der Waals surface area (Å²) in [6, 6.07) is 7.98. The molecular weight excluding hydrogens is 214 g/mol. The van der Waals surface area contributed by atoms with E-state index in [1.54, 1.807) is 0 Å². The van der Waals surface area contributed by atoms with Gasteiger partial charge in [-0.25, -0.2) is 0 Å². The van der Waals surface area contributed by atoms with Gasteiger partial charge in [-0.15, -0.1) is 0 Å². The van der Waals surface area contributed by atoms with Crippen molar-refractivity contribution in [3.63, 3.8) is 0 Å². The molecule has 17 heavy (non-hydrogen) atoms. The van der Waals surface area contributed by atoms with Gasteiger partial charge in [0.25, 0.3) is 0 Å². The molecule has 94 valence electrons. The van der Waals surface area contributed by atoms with E-state index in [9.17, 15) is 10.2 Å². The zero-order chi connectivity index (χ0) is 12.5. The average molecular weight is 235 g/mol. The van der Waals surface area contributed by atoms with E-state index in [2.05, 4.69) is 4.90 Å². The van der Waals surface area contributed by atoms with Crippen LogP contribution < -0.4 is 4.90 Å². The predicted molar refractivity (Wildman–Crippen MR) is 69.1 cm³/mol. The van der Waals surface area contributed by atoms with Crippen LogP contribution in [0.1, 0.15) is 38.4 Å². The van der Waals surface area contributed by atoms with Crippen molar-refractivity contribution in [2.45, 2.75) is 38.4 Å². The molecule has 0 amide bonds. The third-order valence-corrected chi connectivity index (χ3v) is 3.48. The Labute approximate surface area is 103 Å². The van der Waals surface area contributed by atoms with Crippen LogP contribution in [0.5, 0.6) is 0 Å². The first kappa shape index (κ1) is 12.4. The van der Waals surface area contributed by atoms with Crippen LogP contribution in [-0.2, 0) is 0 Å². The first-order valence-electron chi connectivity index (χ1n) is 6.27. The van der Waals surface area contributed by atoms with Gasteiger partial charge < -0.3 is 15.1 Å². The Bertz CT molecular complexity index is 372. The third-order valence-electron chi connectivity index (χ3n) is 3.48. The van der Waals surface area contributed by atoms with Gasteiger partial charge >= 0.3 is 0 Å². The molecule has 3 heteroatoms. The van der Waals surface area contributed by atoms with Crippen molar-refractivity contribution in [1.29, 1.82) is 0 Å². The van der Waals surface area contributed by atoms with Crippen molar-refractivity contribution in [2.24, 2.45) is 0 Å². The quantitative estimate of drug-likeness (QED) is 0.843. The van der Waals surface area contributed by atoms with E-state index < -0.39 is 5.60 Å². The van der Waals surface area contributed by atoms with Crippen molar-refractivity contribution in [2.75, 3.05) is 18.0 Å². The van der Waals surface area contributed by atoms with Crippen LogP contribution in [-0.4, -0.2) is 28.9 Å². The highest BCUT2D eigenvalue weighted by molar-refractivity contribution is 5.49. The van der Waals surface area contributed by atoms with Crippen LogP contribution in [0.4, 0.5) is 5.69 Å². The maximum atomic E-state index is 9.93. The minimum atomic E-state index is -0.568. The van der Waals surface area contributed by atoms with E-state index in [1.165, 1.54) is 0 Å². The molecule has 0 spiro atoms. The van der Waals surface area contributed by atoms with Crippen molar-refractivity contribution < 1.29 is 10.2 Å². The van der Waals surface area contributed by atoms with Gasteiger partial charge in [-0.05, 0) is 37.5 Å². The Morgan fingerprint density at radius 2 is 2.00 bits per heavy atom. The third kappa shape index (κ3) is 2.79. The predicted octanol–water partition coefficient (Wildman–Crippen LogP) is 2.09. The van der Waals surface area contributed by atoms with Crippen LogP contribution in [0, 0.1) is 0 Å². The summed E-state index contributed by atoms with van der Waals surface area (Å²) < 4.78 is 0. The van der Waals surface area contributed by atoms with Gasteiger partial charge in [0.05, 0.1) is 11.7 Å². The van der Waals surface area contributed by atoms with Gasteiger partial charge in [0, 0.05) is 18.8 Å². The summed E-state index contributed by atoms with van der Waals surface area (Å²) >= 11 is 0. The second-order valence-electron chi connectivity index (χ2n) is 5.18. The minimum absolute atomic E-state index is 0.370. The number of rotatable bonds is 3. The van der Waals surface area contributed by atoms with E-state index in [4.69, 9.17) is 0 Å². The highest BCUT2D eigenvalue weighted by Gasteiger charge is 2.31. The van der Waals surface area contributed by atoms with E-state index in [0.717, 1.165) is 30.6 Å². The largest absolute Gasteiger partial charge is 0.388 e. The van der Waals surface area contributed by atoms with Crippen LogP contribution in [0.2, 0.25) is 0 Å². The van der Waals surface area contributed by atoms with Gasteiger partial charge in [-0.3, -0.25) is 0 Å². The lowest BCUT2D eigenvalue weighted by molar-refractivity contribution is 0.0839. The molecule has 1 heterocycles. The number of aliphatic hydroxyl groups is 2. The fourth-order valence-electron chi connectivity index (χ4n) is 2.31. The van der Waals surface area contributed by atoms with Crippen LogP contribution >= 0.6 is 0 Å². The topological polar surface area (TPSA) is 43.7 Å². The van der Waals surface area contributed by atoms with Crippen LogP contribution in [0.15, 0.2) is 24.3 Å². The standard InChI is InChI=1S/C14H21NO2/c1-3-13(16)11-4-6-12(7-5-11)15-9-8-14(2,17)10-15/h4-7,13,16-17H,3,8-10H2,1-2H3/t13-,14?/m0/s1. The molecule has 0 radical (unpaired) electrons. The number of aliphatic hydroxyl groups excluding tert-OH is 1. The Kier molecular flexibility index (Phi) is 3.40. The number of hydrogen-bond acceptors (Lipinski definition) is 3. The summed E-state index contributed by atoms with van der Waals surface area (Å²) in [4.78, 5) is 2.18. The van der Waals surface area contributed by atoms with E-state index in [1.807, 2.05) is 38.1 Å². The molecule has 2 N–H and O–H groups in total. The number of anilines is 1. The Hall–Kier alpha value is -1.06. The molecule has 1 aromatic rings. The minimum Gasteiger partial charge on any atom is -0.388 e. The summed E-state index contributed by atoms with van der Waals surface area (Å²) in [5, 5.41) is 19.6. The zero-order valence-electron chi connectivity index (χ0n) is 10.6. The van der Waals surface area contributed by atoms with E-state index >= 15 is 0 Å². The van der Waals surface area contributed by atoms with Gasteiger partial charge in [-0.2, -0.15) is 0 Å². The summed E-state index contributed by atoms with van der Waals surface area (Å²) in [7, 11) is 0. The highest BCUT2D eigenvalue weighted by atomic mass is 16.3. The van der Waals surface area contributed by atoms with E-state index in [-0.39, 0.29) is 6.10 Å². The summed E-state index contributed by atoms with van der Waals surface area (Å²) in [5.74, 6) is 0. The lowest BCUT2D eigenvalue weighted by Gasteiger charge is -2.21. The van der Waals surface area contributed by atoms with Crippen LogP contribution in [0.3, 0.4) is 0 Å². The van der Waals surface area contributed by atoms with Gasteiger partial charge in [0.15, 0.2) is 0 Å². The molecule has 3 nitrogen and oxygen atoms in total. The molecule has 2 atom stereocenters. The summed E-state index contributed by atoms with van der Waals surface area (Å²) in [6.07, 6.45) is 1.18. The second kappa shape index (κ2) is 4.67. The molecule has 1 aliphatic heterocycles. The molecule has 1 fully saturated rings. The van der Waals surface area contributed by atoms with Gasteiger partial charge in [0.2, 0.25) is 0 Å². The smallest absolute Gasteiger partial charge is 0.0810 e. The number of benzene rings is 1. The fraction of sp³-hybridized carbons (Fsp3) is 0.571. The lowest BCUT2D eigenvalue weighted by atomic mass is 10.1. The molecule has 1 saturated heterocycles. The SMILES string of the molecule is CC[C@H](O)c1ccc(N2CCC(C)(O)C2)cc1. The summed E-state index contributed by atoms with van der Waals surface area (Å²) in [6.45, 7) is 5.42. The Morgan fingerprint density at radius 3 is 2.47 bits per heavy atom. The molecule has 0 aromatic heterocycles. The first-order chi connectivity index (χ1) is 8.02. The Balaban J connectivity index is 2.09. The normalized spacial score (nSPS) is 26.2. The number of nitrogens with zero attached hydrogens (tertiary/aromatic N) is 1. The second-order valence-corrected chi connectivity index (χ2v) is 5.18. The highest BCUT2D eigenvalue weighted by Crippen LogP contribution is 2.27. The maximum absolute atomic E-state index is 9.93. The molecular formula is C14H21NO2. The maximum Gasteiger partial charge on any atom is 0.0810 e. The molecule has 1 aliphatic rings. The van der Waals surface area contributed by atoms with Crippen LogP contribution in [0.25, 0.3) is 0 Å². The Morgan fingerprint density at radius 1 is 1.35 bits per heavy atom. The van der Waals surface area contributed by atoms with Crippen molar-refractivity contribution in [1.82, 2.24) is 0 Å². The lowest BCUT2D eigenvalue weighted by Crippen LogP contribution is -2.29. The van der Waals surface area contributed by atoms with Crippen molar-refractivity contribution >= 4 is 5.69 Å². The first-order valence-corrected chi connectivity index (χ1v) is 6.27. The molecule has 1 unspecified atom stereocenters. The molecule has 0 aliphatic carbocycles. The molecule has 1 aromatic carbocycles. The molecule has 0 bridgehead atoms. The van der Waals surface area contributed by atoms with E-state index in [0.29, 0.717) is 6.54 Å². The molecule has 0 saturated carbocycles. The molecule has 2 rings (SSSR count). The number of β-amino-alcohol motifs (C(OH)–C–C–N with tert-alkyl or cyclic N) is 1. The van der Waals surface area contributed by atoms with Crippen molar-refractivity contribution in [3.05, 3.63) is 29.8 Å². The monoisotopic (exact) mass is 235 g/mol. The number of hydrogen-bond donors (Lipinski definition) is 2. The fourth-order valence-corrected chi connectivity index (χ4v) is 2.31. The van der Waals surface area contributed by atoms with Crippen molar-refractivity contribution in [3.8, 4) is 0 Å². The van der Waals surface area contributed by atoms with Gasteiger partial charge in [0.1, 0.15) is 0 Å². The van der Waals surface area contributed by atoms with Gasteiger partial charge in [-0.1, -0.05) is 19.1 Å². The zero-order valence-corrected chi connectivity index (χ0v) is 10.6. The summed E-state index contributed by atoms with van der Waals surface area (Å²) in [5.41, 5.74) is 1.51.